The Morgan fingerprint density at radius 2 is 1.81 bits per heavy atom. The molecule has 2 aromatic carbocycles. The molecule has 0 saturated heterocycles. The molecule has 1 aliphatic rings. The van der Waals surface area contributed by atoms with E-state index in [4.69, 9.17) is 9.47 Å². The van der Waals surface area contributed by atoms with Crippen LogP contribution in [0.15, 0.2) is 40.9 Å². The van der Waals surface area contributed by atoms with Crippen LogP contribution in [-0.2, 0) is 17.8 Å². The Balaban J connectivity index is 1.68. The maximum absolute atomic E-state index is 13.0. The lowest BCUT2D eigenvalue weighted by molar-refractivity contribution is -0.132. The summed E-state index contributed by atoms with van der Waals surface area (Å²) in [6, 6.07) is 11.0. The van der Waals surface area contributed by atoms with E-state index in [2.05, 4.69) is 21.2 Å². The molecule has 1 heterocycles. The number of nitrogens with one attached hydrogen (secondary N) is 1. The average Bonchev–Trinajstić information content (AvgIpc) is 2.78. The van der Waals surface area contributed by atoms with Crippen LogP contribution in [0, 0.1) is 0 Å². The summed E-state index contributed by atoms with van der Waals surface area (Å²) in [6.07, 6.45) is 1.49. The van der Waals surface area contributed by atoms with Crippen molar-refractivity contribution >= 4 is 33.6 Å². The number of hydrogen-bond acceptors (Lipinski definition) is 4. The zero-order valence-electron chi connectivity index (χ0n) is 18.1. The Labute approximate surface area is 191 Å². The number of fused-ring (bicyclic) bond motifs is 1. The third-order valence-corrected chi connectivity index (χ3v) is 5.98. The molecule has 7 nitrogen and oxygen atoms in total. The monoisotopic (exact) mass is 489 g/mol. The smallest absolute Gasteiger partial charge is 0.322 e. The Morgan fingerprint density at radius 1 is 1.13 bits per heavy atom. The lowest BCUT2D eigenvalue weighted by Gasteiger charge is -2.32. The minimum atomic E-state index is -0.286. The van der Waals surface area contributed by atoms with Crippen molar-refractivity contribution in [3.05, 3.63) is 52.0 Å². The van der Waals surface area contributed by atoms with Crippen molar-refractivity contribution in [2.24, 2.45) is 0 Å². The van der Waals surface area contributed by atoms with Crippen LogP contribution >= 0.6 is 15.9 Å². The van der Waals surface area contributed by atoms with E-state index in [1.165, 1.54) is 0 Å². The average molecular weight is 490 g/mol. The van der Waals surface area contributed by atoms with Crippen molar-refractivity contribution in [1.29, 1.82) is 0 Å². The second kappa shape index (κ2) is 10.5. The van der Waals surface area contributed by atoms with Crippen LogP contribution in [-0.4, -0.2) is 55.6 Å². The van der Waals surface area contributed by atoms with Crippen molar-refractivity contribution in [3.8, 4) is 11.5 Å². The number of amides is 3. The topological polar surface area (TPSA) is 71.1 Å². The molecule has 0 aliphatic carbocycles. The molecule has 1 aliphatic heterocycles. The minimum absolute atomic E-state index is 0.0345. The molecular formula is C23H28BrN3O4. The predicted octanol–water partition coefficient (Wildman–Crippen LogP) is 4.30. The number of urea groups is 1. The van der Waals surface area contributed by atoms with Crippen molar-refractivity contribution in [3.63, 3.8) is 0 Å². The highest BCUT2D eigenvalue weighted by Crippen LogP contribution is 2.33. The summed E-state index contributed by atoms with van der Waals surface area (Å²) in [5, 5.41) is 2.89. The van der Waals surface area contributed by atoms with Gasteiger partial charge in [-0.3, -0.25) is 4.79 Å². The normalized spacial score (nSPS) is 12.7. The van der Waals surface area contributed by atoms with Gasteiger partial charge in [0.25, 0.3) is 0 Å². The molecule has 0 spiro atoms. The summed E-state index contributed by atoms with van der Waals surface area (Å²) in [7, 11) is 3.21. The van der Waals surface area contributed by atoms with Crippen LogP contribution in [0.25, 0.3) is 0 Å². The molecule has 3 rings (SSSR count). The fourth-order valence-corrected chi connectivity index (χ4v) is 4.02. The molecule has 0 fully saturated rings. The van der Waals surface area contributed by atoms with E-state index in [0.717, 1.165) is 28.4 Å². The number of rotatable bonds is 7. The zero-order chi connectivity index (χ0) is 22.4. The Kier molecular flexibility index (Phi) is 7.79. The molecule has 3 amide bonds. The van der Waals surface area contributed by atoms with E-state index in [-0.39, 0.29) is 18.5 Å². The number of para-hydroxylation sites is 1. The maximum Gasteiger partial charge on any atom is 0.322 e. The van der Waals surface area contributed by atoms with Gasteiger partial charge in [-0.25, -0.2) is 4.79 Å². The van der Waals surface area contributed by atoms with Gasteiger partial charge in [0.15, 0.2) is 11.5 Å². The molecule has 0 atom stereocenters. The fourth-order valence-electron chi connectivity index (χ4n) is 3.64. The first-order valence-electron chi connectivity index (χ1n) is 10.3. The number of hydrogen-bond donors (Lipinski definition) is 1. The standard InChI is InChI=1S/C23H28BrN3O4/c1-4-10-27(23(29)25-19-8-6-5-7-18(19)24)15-22(28)26-11-9-16-12-20(30-2)21(31-3)13-17(16)14-26/h5-8,12-13H,4,9-11,14-15H2,1-3H3,(H,25,29). The highest BCUT2D eigenvalue weighted by Gasteiger charge is 2.25. The maximum atomic E-state index is 13.0. The summed E-state index contributed by atoms with van der Waals surface area (Å²) >= 11 is 3.44. The summed E-state index contributed by atoms with van der Waals surface area (Å²) in [6.45, 7) is 3.61. The lowest BCUT2D eigenvalue weighted by Crippen LogP contribution is -2.46. The van der Waals surface area contributed by atoms with Gasteiger partial charge < -0.3 is 24.6 Å². The predicted molar refractivity (Wildman–Crippen MR) is 124 cm³/mol. The van der Waals surface area contributed by atoms with Gasteiger partial charge in [-0.15, -0.1) is 0 Å². The quantitative estimate of drug-likeness (QED) is 0.629. The van der Waals surface area contributed by atoms with E-state index in [1.807, 2.05) is 43.3 Å². The minimum Gasteiger partial charge on any atom is -0.493 e. The SMILES string of the molecule is CCCN(CC(=O)N1CCc2cc(OC)c(OC)cc2C1)C(=O)Nc1ccccc1Br. The molecule has 0 saturated carbocycles. The van der Waals surface area contributed by atoms with Crippen molar-refractivity contribution in [2.45, 2.75) is 26.3 Å². The van der Waals surface area contributed by atoms with Crippen LogP contribution in [0.5, 0.6) is 11.5 Å². The first-order chi connectivity index (χ1) is 15.0. The molecule has 166 valence electrons. The van der Waals surface area contributed by atoms with Crippen LogP contribution in [0.2, 0.25) is 0 Å². The van der Waals surface area contributed by atoms with Crippen LogP contribution in [0.1, 0.15) is 24.5 Å². The number of methoxy groups -OCH3 is 2. The molecule has 0 bridgehead atoms. The molecule has 1 N–H and O–H groups in total. The summed E-state index contributed by atoms with van der Waals surface area (Å²) in [5.41, 5.74) is 2.87. The number of carbonyl (C=O) groups is 2. The van der Waals surface area contributed by atoms with Gasteiger partial charge in [-0.05, 0) is 64.2 Å². The Bertz CT molecular complexity index is 950. The molecule has 0 unspecified atom stereocenters. The lowest BCUT2D eigenvalue weighted by atomic mass is 9.98. The van der Waals surface area contributed by atoms with Gasteiger partial charge in [0, 0.05) is 24.1 Å². The molecule has 0 radical (unpaired) electrons. The van der Waals surface area contributed by atoms with E-state index >= 15 is 0 Å². The van der Waals surface area contributed by atoms with Gasteiger partial charge in [-0.2, -0.15) is 0 Å². The van der Waals surface area contributed by atoms with Crippen LogP contribution in [0.4, 0.5) is 10.5 Å². The highest BCUT2D eigenvalue weighted by atomic mass is 79.9. The van der Waals surface area contributed by atoms with E-state index < -0.39 is 0 Å². The van der Waals surface area contributed by atoms with Crippen molar-refractivity contribution in [1.82, 2.24) is 9.80 Å². The summed E-state index contributed by atoms with van der Waals surface area (Å²) < 4.78 is 11.6. The first kappa shape index (κ1) is 22.9. The fraction of sp³-hybridized carbons (Fsp3) is 0.391. The summed E-state index contributed by atoms with van der Waals surface area (Å²) in [4.78, 5) is 29.2. The van der Waals surface area contributed by atoms with Gasteiger partial charge in [0.1, 0.15) is 6.54 Å². The largest absolute Gasteiger partial charge is 0.493 e. The van der Waals surface area contributed by atoms with Crippen molar-refractivity contribution in [2.75, 3.05) is 39.2 Å². The Hall–Kier alpha value is -2.74. The number of carbonyl (C=O) groups excluding carboxylic acids is 2. The second-order valence-corrected chi connectivity index (χ2v) is 8.23. The van der Waals surface area contributed by atoms with Gasteiger partial charge >= 0.3 is 6.03 Å². The van der Waals surface area contributed by atoms with Gasteiger partial charge in [-0.1, -0.05) is 19.1 Å². The second-order valence-electron chi connectivity index (χ2n) is 7.37. The number of benzene rings is 2. The highest BCUT2D eigenvalue weighted by molar-refractivity contribution is 9.10. The first-order valence-corrected chi connectivity index (χ1v) is 11.1. The van der Waals surface area contributed by atoms with Crippen LogP contribution in [0.3, 0.4) is 0 Å². The zero-order valence-corrected chi connectivity index (χ0v) is 19.7. The third-order valence-electron chi connectivity index (χ3n) is 5.29. The van der Waals surface area contributed by atoms with E-state index in [0.29, 0.717) is 36.8 Å². The third kappa shape index (κ3) is 5.50. The Morgan fingerprint density at radius 3 is 2.45 bits per heavy atom. The van der Waals surface area contributed by atoms with Crippen molar-refractivity contribution < 1.29 is 19.1 Å². The van der Waals surface area contributed by atoms with E-state index in [1.54, 1.807) is 24.0 Å². The molecule has 0 aromatic heterocycles. The van der Waals surface area contributed by atoms with Gasteiger partial charge in [0.2, 0.25) is 5.91 Å². The number of anilines is 1. The van der Waals surface area contributed by atoms with E-state index in [9.17, 15) is 9.59 Å². The molecule has 2 aromatic rings. The number of ether oxygens (including phenoxy) is 2. The van der Waals surface area contributed by atoms with Gasteiger partial charge in [0.05, 0.1) is 19.9 Å². The number of halogens is 1. The van der Waals surface area contributed by atoms with Crippen LogP contribution < -0.4 is 14.8 Å². The summed E-state index contributed by atoms with van der Waals surface area (Å²) in [5.74, 6) is 1.27. The molecular weight excluding hydrogens is 462 g/mol. The number of nitrogens with zero attached hydrogens (tertiary/aromatic N) is 2. The molecule has 8 heteroatoms. The molecule has 31 heavy (non-hydrogen) atoms.